The van der Waals surface area contributed by atoms with Gasteiger partial charge >= 0.3 is 6.18 Å². The zero-order valence-electron chi connectivity index (χ0n) is 24.6. The molecule has 1 unspecified atom stereocenters. The Balaban J connectivity index is 1.07. The molecule has 1 amide bonds. The Morgan fingerprint density at radius 1 is 0.891 bits per heavy atom. The second-order valence-corrected chi connectivity index (χ2v) is 11.4. The molecule has 0 bridgehead atoms. The number of piperazine rings is 1. The first-order valence-corrected chi connectivity index (χ1v) is 14.9. The first-order chi connectivity index (χ1) is 22.0. The monoisotopic (exact) mass is 639 g/mol. The van der Waals surface area contributed by atoms with E-state index in [2.05, 4.69) is 9.97 Å². The van der Waals surface area contributed by atoms with E-state index in [1.54, 1.807) is 47.4 Å². The van der Waals surface area contributed by atoms with Crippen LogP contribution in [0.1, 0.15) is 45.3 Å². The van der Waals surface area contributed by atoms with Crippen molar-refractivity contribution in [3.63, 3.8) is 0 Å². The van der Waals surface area contributed by atoms with Crippen LogP contribution in [0, 0.1) is 11.6 Å². The molecule has 46 heavy (non-hydrogen) atoms. The van der Waals surface area contributed by atoms with Gasteiger partial charge in [0.15, 0.2) is 5.69 Å². The molecule has 2 aromatic carbocycles. The molecule has 6 rings (SSSR count). The van der Waals surface area contributed by atoms with E-state index >= 15 is 0 Å². The number of Topliss-reactive ketones (excluding diaryl/α,β-unsaturated/α-hetero) is 1. The quantitative estimate of drug-likeness (QED) is 0.181. The normalized spacial score (nSPS) is 17.1. The molecule has 2 aliphatic rings. The summed E-state index contributed by atoms with van der Waals surface area (Å²) in [6, 6.07) is 15.2. The van der Waals surface area contributed by atoms with Gasteiger partial charge in [-0.2, -0.15) is 18.2 Å². The standard InChI is InChI=1S/C33H30F5N5O3/c34-25-6-3-5-22(17-25)24-10-11-43(20-24)32-40-31(33(36,37)38)30(46-32)27(44)16-21-8-9-28(39-19-21)41-12-14-42(15-13-41)29(45)18-23-4-1-2-7-26(23)35/h1-9,17,19,24H,10-16,18,20H2. The van der Waals surface area contributed by atoms with Gasteiger partial charge in [0.25, 0.3) is 6.01 Å². The van der Waals surface area contributed by atoms with E-state index in [0.29, 0.717) is 56.1 Å². The molecule has 2 aliphatic heterocycles. The highest BCUT2D eigenvalue weighted by atomic mass is 19.4. The number of halogens is 5. The molecule has 2 fully saturated rings. The highest BCUT2D eigenvalue weighted by Gasteiger charge is 2.42. The van der Waals surface area contributed by atoms with Crippen molar-refractivity contribution < 1.29 is 36.0 Å². The SMILES string of the molecule is O=C(Cc1ccc(N2CCN(C(=O)Cc3ccccc3F)CC2)nc1)c1oc(N2CCC(c3cccc(F)c3)C2)nc1C(F)(F)F. The van der Waals surface area contributed by atoms with Gasteiger partial charge in [-0.1, -0.05) is 36.4 Å². The van der Waals surface area contributed by atoms with Gasteiger partial charge in [0.2, 0.25) is 17.5 Å². The van der Waals surface area contributed by atoms with Gasteiger partial charge in [-0.25, -0.2) is 13.8 Å². The molecule has 8 nitrogen and oxygen atoms in total. The van der Waals surface area contributed by atoms with Crippen molar-refractivity contribution in [1.29, 1.82) is 0 Å². The summed E-state index contributed by atoms with van der Waals surface area (Å²) < 4.78 is 74.8. The number of rotatable bonds is 8. The lowest BCUT2D eigenvalue weighted by molar-refractivity contribution is -0.141. The van der Waals surface area contributed by atoms with Gasteiger partial charge in [0.1, 0.15) is 17.5 Å². The summed E-state index contributed by atoms with van der Waals surface area (Å²) in [5.74, 6) is -2.26. The number of ketones is 1. The van der Waals surface area contributed by atoms with Crippen molar-refractivity contribution in [2.45, 2.75) is 31.4 Å². The van der Waals surface area contributed by atoms with Gasteiger partial charge < -0.3 is 19.1 Å². The Bertz CT molecular complexity index is 1720. The van der Waals surface area contributed by atoms with Crippen LogP contribution >= 0.6 is 0 Å². The molecule has 0 radical (unpaired) electrons. The van der Waals surface area contributed by atoms with Gasteiger partial charge in [-0.3, -0.25) is 9.59 Å². The van der Waals surface area contributed by atoms with Crippen LogP contribution in [0.4, 0.5) is 33.8 Å². The summed E-state index contributed by atoms with van der Waals surface area (Å²) in [6.45, 7) is 2.42. The summed E-state index contributed by atoms with van der Waals surface area (Å²) in [5.41, 5.74) is 0.0863. The van der Waals surface area contributed by atoms with Crippen LogP contribution in [0.15, 0.2) is 71.3 Å². The fourth-order valence-corrected chi connectivity index (χ4v) is 5.87. The summed E-state index contributed by atoms with van der Waals surface area (Å²) in [5, 5.41) is 0. The molecule has 240 valence electrons. The van der Waals surface area contributed by atoms with Gasteiger partial charge in [0.05, 0.1) is 6.42 Å². The minimum atomic E-state index is -4.91. The van der Waals surface area contributed by atoms with Gasteiger partial charge in [-0.05, 0) is 47.4 Å². The van der Waals surface area contributed by atoms with E-state index in [1.807, 2.05) is 4.90 Å². The molecule has 0 N–H and O–H groups in total. The predicted octanol–water partition coefficient (Wildman–Crippen LogP) is 5.68. The lowest BCUT2D eigenvalue weighted by Crippen LogP contribution is -2.49. The lowest BCUT2D eigenvalue weighted by Gasteiger charge is -2.35. The van der Waals surface area contributed by atoms with Crippen molar-refractivity contribution >= 4 is 23.5 Å². The Kier molecular flexibility index (Phi) is 8.74. The van der Waals surface area contributed by atoms with Crippen molar-refractivity contribution in [3.8, 4) is 0 Å². The Morgan fingerprint density at radius 2 is 1.67 bits per heavy atom. The average molecular weight is 640 g/mol. The highest BCUT2D eigenvalue weighted by molar-refractivity contribution is 5.96. The van der Waals surface area contributed by atoms with E-state index in [0.717, 1.165) is 5.56 Å². The minimum absolute atomic E-state index is 0.0240. The number of carbonyl (C=O) groups is 2. The summed E-state index contributed by atoms with van der Waals surface area (Å²) in [6.07, 6.45) is -3.32. The fraction of sp³-hybridized carbons (Fsp3) is 0.333. The number of pyridine rings is 1. The molecule has 2 saturated heterocycles. The highest BCUT2D eigenvalue weighted by Crippen LogP contribution is 2.37. The zero-order valence-corrected chi connectivity index (χ0v) is 24.6. The molecule has 0 saturated carbocycles. The maximum Gasteiger partial charge on any atom is 0.437 e. The molecular formula is C33H30F5N5O3. The van der Waals surface area contributed by atoms with Crippen LogP contribution in [0.2, 0.25) is 0 Å². The third-order valence-corrected chi connectivity index (χ3v) is 8.35. The maximum atomic E-state index is 13.9. The number of anilines is 2. The zero-order chi connectivity index (χ0) is 32.4. The fourth-order valence-electron chi connectivity index (χ4n) is 5.87. The number of hydrogen-bond donors (Lipinski definition) is 0. The number of benzene rings is 2. The van der Waals surface area contributed by atoms with Crippen molar-refractivity contribution in [3.05, 3.63) is 107 Å². The van der Waals surface area contributed by atoms with E-state index in [9.17, 15) is 31.5 Å². The van der Waals surface area contributed by atoms with Gasteiger partial charge in [-0.15, -0.1) is 0 Å². The number of carbonyl (C=O) groups excluding carboxylic acids is 2. The molecule has 4 aromatic rings. The number of oxazole rings is 1. The number of hydrogen-bond acceptors (Lipinski definition) is 7. The number of aromatic nitrogens is 2. The van der Waals surface area contributed by atoms with Crippen LogP contribution < -0.4 is 9.80 Å². The van der Waals surface area contributed by atoms with Gasteiger partial charge in [0, 0.05) is 57.8 Å². The van der Waals surface area contributed by atoms with Crippen molar-refractivity contribution in [2.24, 2.45) is 0 Å². The van der Waals surface area contributed by atoms with Crippen molar-refractivity contribution in [2.75, 3.05) is 49.1 Å². The van der Waals surface area contributed by atoms with Crippen LogP contribution in [0.25, 0.3) is 0 Å². The molecule has 4 heterocycles. The third kappa shape index (κ3) is 6.87. The van der Waals surface area contributed by atoms with Crippen LogP contribution in [0.5, 0.6) is 0 Å². The molecule has 2 aromatic heterocycles. The number of amides is 1. The van der Waals surface area contributed by atoms with E-state index in [1.165, 1.54) is 29.3 Å². The first kappa shape index (κ1) is 31.2. The van der Waals surface area contributed by atoms with Crippen molar-refractivity contribution in [1.82, 2.24) is 14.9 Å². The number of nitrogens with zero attached hydrogens (tertiary/aromatic N) is 5. The Morgan fingerprint density at radius 3 is 2.37 bits per heavy atom. The topological polar surface area (TPSA) is 82.8 Å². The van der Waals surface area contributed by atoms with E-state index in [4.69, 9.17) is 4.42 Å². The second kappa shape index (κ2) is 12.9. The third-order valence-electron chi connectivity index (χ3n) is 8.35. The Labute approximate surface area is 261 Å². The van der Waals surface area contributed by atoms with E-state index in [-0.39, 0.29) is 37.2 Å². The molecule has 0 spiro atoms. The Hall–Kier alpha value is -4.81. The first-order valence-electron chi connectivity index (χ1n) is 14.9. The summed E-state index contributed by atoms with van der Waals surface area (Å²) >= 11 is 0. The molecule has 0 aliphatic carbocycles. The number of alkyl halides is 3. The molecule has 13 heteroatoms. The van der Waals surface area contributed by atoms with Crippen LogP contribution in [-0.2, 0) is 23.8 Å². The molecular weight excluding hydrogens is 609 g/mol. The van der Waals surface area contributed by atoms with Crippen LogP contribution in [-0.4, -0.2) is 65.8 Å². The average Bonchev–Trinajstić information content (AvgIpc) is 3.71. The second-order valence-electron chi connectivity index (χ2n) is 11.4. The van der Waals surface area contributed by atoms with Crippen LogP contribution in [0.3, 0.4) is 0 Å². The maximum absolute atomic E-state index is 13.9. The summed E-state index contributed by atoms with van der Waals surface area (Å²) in [7, 11) is 0. The minimum Gasteiger partial charge on any atom is -0.420 e. The smallest absolute Gasteiger partial charge is 0.420 e. The molecule has 1 atom stereocenters. The predicted molar refractivity (Wildman–Crippen MR) is 159 cm³/mol. The largest absolute Gasteiger partial charge is 0.437 e. The lowest BCUT2D eigenvalue weighted by atomic mass is 9.98. The summed E-state index contributed by atoms with van der Waals surface area (Å²) in [4.78, 5) is 39.0. The van der Waals surface area contributed by atoms with E-state index < -0.39 is 35.0 Å².